The molecule has 1 aliphatic carbocycles. The Labute approximate surface area is 110 Å². The van der Waals surface area contributed by atoms with Crippen molar-refractivity contribution in [3.05, 3.63) is 24.4 Å². The van der Waals surface area contributed by atoms with Gasteiger partial charge in [-0.05, 0) is 31.4 Å². The molecule has 3 rings (SSSR count). The largest absolute Gasteiger partial charge is 0.299 e. The lowest BCUT2D eigenvalue weighted by Crippen LogP contribution is -2.07. The molecule has 1 saturated carbocycles. The number of carbonyl (C=O) groups is 1. The molecule has 2 aromatic heterocycles. The van der Waals surface area contributed by atoms with Gasteiger partial charge >= 0.3 is 0 Å². The highest BCUT2D eigenvalue weighted by Crippen LogP contribution is 2.27. The zero-order chi connectivity index (χ0) is 12.4. The van der Waals surface area contributed by atoms with Gasteiger partial charge in [0.2, 0.25) is 0 Å². The summed E-state index contributed by atoms with van der Waals surface area (Å²) in [6.07, 6.45) is 5.86. The first-order valence-electron chi connectivity index (χ1n) is 6.30. The first kappa shape index (κ1) is 11.7. The van der Waals surface area contributed by atoms with Gasteiger partial charge in [-0.25, -0.2) is 0 Å². The van der Waals surface area contributed by atoms with Crippen molar-refractivity contribution in [2.75, 3.05) is 5.75 Å². The second-order valence-electron chi connectivity index (χ2n) is 4.60. The summed E-state index contributed by atoms with van der Waals surface area (Å²) in [7, 11) is 0. The van der Waals surface area contributed by atoms with Crippen LogP contribution >= 0.6 is 11.8 Å². The van der Waals surface area contributed by atoms with E-state index in [1.807, 2.05) is 28.8 Å². The molecule has 0 spiro atoms. The van der Waals surface area contributed by atoms with Gasteiger partial charge in [0.15, 0.2) is 10.8 Å². The Morgan fingerprint density at radius 1 is 1.39 bits per heavy atom. The van der Waals surface area contributed by atoms with E-state index in [4.69, 9.17) is 0 Å². The number of ketones is 1. The highest BCUT2D eigenvalue weighted by atomic mass is 32.2. The van der Waals surface area contributed by atoms with E-state index < -0.39 is 0 Å². The molecule has 18 heavy (non-hydrogen) atoms. The number of pyridine rings is 1. The Morgan fingerprint density at radius 2 is 2.33 bits per heavy atom. The summed E-state index contributed by atoms with van der Waals surface area (Å²) in [5.41, 5.74) is 0.872. The molecule has 4 nitrogen and oxygen atoms in total. The first-order chi connectivity index (χ1) is 8.84. The lowest BCUT2D eigenvalue weighted by molar-refractivity contribution is -0.120. The van der Waals surface area contributed by atoms with Crippen LogP contribution in [0.25, 0.3) is 5.65 Å². The summed E-state index contributed by atoms with van der Waals surface area (Å²) < 4.78 is 1.99. The number of rotatable bonds is 4. The Kier molecular flexibility index (Phi) is 3.32. The number of Topliss-reactive ketones (excluding diaryl/α,β-unsaturated/α-hetero) is 1. The number of hydrogen-bond donors (Lipinski definition) is 0. The molecule has 1 atom stereocenters. The zero-order valence-corrected chi connectivity index (χ0v) is 10.9. The van der Waals surface area contributed by atoms with Gasteiger partial charge in [-0.15, -0.1) is 10.2 Å². The van der Waals surface area contributed by atoms with Gasteiger partial charge in [-0.3, -0.25) is 9.20 Å². The summed E-state index contributed by atoms with van der Waals surface area (Å²) in [6, 6.07) is 5.87. The molecule has 0 aliphatic heterocycles. The third kappa shape index (κ3) is 2.27. The summed E-state index contributed by atoms with van der Waals surface area (Å²) >= 11 is 1.68. The van der Waals surface area contributed by atoms with Crippen molar-refractivity contribution in [3.8, 4) is 0 Å². The third-order valence-corrected chi connectivity index (χ3v) is 4.39. The predicted octanol–water partition coefficient (Wildman–Crippen LogP) is 2.58. The van der Waals surface area contributed by atoms with Gasteiger partial charge in [0.1, 0.15) is 5.78 Å². The second-order valence-corrected chi connectivity index (χ2v) is 5.67. The van der Waals surface area contributed by atoms with Crippen LogP contribution in [0.4, 0.5) is 0 Å². The lowest BCUT2D eigenvalue weighted by atomic mass is 10.1. The molecule has 1 fully saturated rings. The van der Waals surface area contributed by atoms with Crippen LogP contribution in [0.1, 0.15) is 25.7 Å². The van der Waals surface area contributed by atoms with Crippen LogP contribution < -0.4 is 0 Å². The van der Waals surface area contributed by atoms with Crippen molar-refractivity contribution in [3.63, 3.8) is 0 Å². The fourth-order valence-electron chi connectivity index (χ4n) is 2.40. The first-order valence-corrected chi connectivity index (χ1v) is 7.28. The average molecular weight is 261 g/mol. The van der Waals surface area contributed by atoms with Crippen LogP contribution in [0, 0.1) is 5.92 Å². The summed E-state index contributed by atoms with van der Waals surface area (Å²) in [5.74, 6) is 1.67. The Morgan fingerprint density at radius 3 is 3.17 bits per heavy atom. The number of thioether (sulfide) groups is 1. The Bertz CT molecular complexity index is 566. The summed E-state index contributed by atoms with van der Waals surface area (Å²) in [5, 5.41) is 9.19. The second kappa shape index (κ2) is 5.10. The molecule has 0 aromatic carbocycles. The Hall–Kier alpha value is -1.36. The fourth-order valence-corrected chi connectivity index (χ4v) is 3.38. The minimum atomic E-state index is 0.289. The van der Waals surface area contributed by atoms with Crippen molar-refractivity contribution in [1.29, 1.82) is 0 Å². The standard InChI is InChI=1S/C13H15N3OS/c17-11-5-3-4-10(11)7-9-18-13-15-14-12-6-1-2-8-16(12)13/h1-2,6,8,10H,3-5,7,9H2. The van der Waals surface area contributed by atoms with E-state index in [0.29, 0.717) is 5.78 Å². The molecule has 0 bridgehead atoms. The highest BCUT2D eigenvalue weighted by molar-refractivity contribution is 7.99. The highest BCUT2D eigenvalue weighted by Gasteiger charge is 2.23. The number of nitrogens with zero attached hydrogens (tertiary/aromatic N) is 3. The monoisotopic (exact) mass is 261 g/mol. The summed E-state index contributed by atoms with van der Waals surface area (Å²) in [4.78, 5) is 11.5. The number of fused-ring (bicyclic) bond motifs is 1. The fraction of sp³-hybridized carbons (Fsp3) is 0.462. The lowest BCUT2D eigenvalue weighted by Gasteiger charge is -2.06. The SMILES string of the molecule is O=C1CCCC1CCSc1nnc2ccccn12. The minimum absolute atomic E-state index is 0.289. The van der Waals surface area contributed by atoms with Crippen molar-refractivity contribution in [2.45, 2.75) is 30.8 Å². The maximum absolute atomic E-state index is 11.5. The minimum Gasteiger partial charge on any atom is -0.299 e. The van der Waals surface area contributed by atoms with Gasteiger partial charge in [0, 0.05) is 24.3 Å². The van der Waals surface area contributed by atoms with E-state index in [0.717, 1.165) is 42.2 Å². The van der Waals surface area contributed by atoms with Gasteiger partial charge in [-0.1, -0.05) is 17.8 Å². The molecule has 94 valence electrons. The average Bonchev–Trinajstić information content (AvgIpc) is 2.97. The van der Waals surface area contributed by atoms with Gasteiger partial charge in [-0.2, -0.15) is 0 Å². The number of hydrogen-bond acceptors (Lipinski definition) is 4. The Balaban J connectivity index is 1.61. The van der Waals surface area contributed by atoms with E-state index in [2.05, 4.69) is 10.2 Å². The van der Waals surface area contributed by atoms with Crippen LogP contribution in [0.5, 0.6) is 0 Å². The van der Waals surface area contributed by atoms with Crippen molar-refractivity contribution >= 4 is 23.2 Å². The number of aromatic nitrogens is 3. The summed E-state index contributed by atoms with van der Waals surface area (Å²) in [6.45, 7) is 0. The zero-order valence-electron chi connectivity index (χ0n) is 10.1. The van der Waals surface area contributed by atoms with Crippen molar-refractivity contribution < 1.29 is 4.79 Å². The van der Waals surface area contributed by atoms with Gasteiger partial charge < -0.3 is 0 Å². The van der Waals surface area contributed by atoms with Gasteiger partial charge in [0.05, 0.1) is 0 Å². The molecule has 1 aliphatic rings. The van der Waals surface area contributed by atoms with E-state index in [1.165, 1.54) is 0 Å². The predicted molar refractivity (Wildman–Crippen MR) is 70.7 cm³/mol. The molecular weight excluding hydrogens is 246 g/mol. The smallest absolute Gasteiger partial charge is 0.195 e. The molecule has 0 radical (unpaired) electrons. The molecule has 0 N–H and O–H groups in total. The van der Waals surface area contributed by atoms with Gasteiger partial charge in [0.25, 0.3) is 0 Å². The molecule has 1 unspecified atom stereocenters. The normalized spacial score (nSPS) is 19.8. The molecule has 5 heteroatoms. The quantitative estimate of drug-likeness (QED) is 0.794. The molecule has 2 aromatic rings. The van der Waals surface area contributed by atoms with Crippen LogP contribution in [-0.4, -0.2) is 26.1 Å². The molecule has 0 saturated heterocycles. The van der Waals surface area contributed by atoms with Crippen molar-refractivity contribution in [1.82, 2.24) is 14.6 Å². The maximum Gasteiger partial charge on any atom is 0.195 e. The molecular formula is C13H15N3OS. The topological polar surface area (TPSA) is 47.3 Å². The van der Waals surface area contributed by atoms with E-state index >= 15 is 0 Å². The third-order valence-electron chi connectivity index (χ3n) is 3.41. The van der Waals surface area contributed by atoms with Crippen LogP contribution in [0.15, 0.2) is 29.6 Å². The molecule has 0 amide bonds. The van der Waals surface area contributed by atoms with Crippen LogP contribution in [-0.2, 0) is 4.79 Å². The van der Waals surface area contributed by atoms with E-state index in [9.17, 15) is 4.79 Å². The van der Waals surface area contributed by atoms with Crippen LogP contribution in [0.2, 0.25) is 0 Å². The van der Waals surface area contributed by atoms with Crippen LogP contribution in [0.3, 0.4) is 0 Å². The number of carbonyl (C=O) groups excluding carboxylic acids is 1. The maximum atomic E-state index is 11.5. The molecule has 2 heterocycles. The van der Waals surface area contributed by atoms with E-state index in [-0.39, 0.29) is 5.92 Å². The van der Waals surface area contributed by atoms with Crippen molar-refractivity contribution in [2.24, 2.45) is 5.92 Å². The van der Waals surface area contributed by atoms with E-state index in [1.54, 1.807) is 11.8 Å².